The molecule has 2 aromatic rings. The van der Waals surface area contributed by atoms with Gasteiger partial charge in [-0.05, 0) is 73.5 Å². The number of halogens is 2. The highest BCUT2D eigenvalue weighted by Gasteiger charge is 2.54. The summed E-state index contributed by atoms with van der Waals surface area (Å²) in [5, 5.41) is 14.6. The van der Waals surface area contributed by atoms with Crippen molar-refractivity contribution in [3.8, 4) is 0 Å². The molecule has 4 bridgehead atoms. The van der Waals surface area contributed by atoms with Gasteiger partial charge in [-0.15, -0.1) is 11.3 Å². The summed E-state index contributed by atoms with van der Waals surface area (Å²) in [6.45, 7) is 0. The molecule has 1 heterocycles. The van der Waals surface area contributed by atoms with E-state index in [0.717, 1.165) is 29.8 Å². The number of Topliss-reactive ketones (excluding diaryl/α,β-unsaturated/α-hetero) is 1. The number of aliphatic hydroxyl groups is 1. The zero-order valence-electron chi connectivity index (χ0n) is 15.5. The largest absolute Gasteiger partial charge is 0.390 e. The van der Waals surface area contributed by atoms with E-state index in [1.54, 1.807) is 6.07 Å². The first-order valence-electron chi connectivity index (χ1n) is 10.0. The Morgan fingerprint density at radius 1 is 1.18 bits per heavy atom. The Hall–Kier alpha value is -0.940. The van der Waals surface area contributed by atoms with Crippen molar-refractivity contribution in [1.82, 2.24) is 4.98 Å². The van der Waals surface area contributed by atoms with E-state index in [0.29, 0.717) is 52.3 Å². The van der Waals surface area contributed by atoms with Crippen LogP contribution in [0.1, 0.15) is 59.6 Å². The van der Waals surface area contributed by atoms with Crippen molar-refractivity contribution in [1.29, 1.82) is 0 Å². The minimum atomic E-state index is -0.441. The van der Waals surface area contributed by atoms with Crippen LogP contribution in [0.2, 0.25) is 10.0 Å². The van der Waals surface area contributed by atoms with E-state index >= 15 is 0 Å². The molecular formula is C22H23Cl2NO2S. The van der Waals surface area contributed by atoms with E-state index in [1.807, 2.05) is 17.5 Å². The number of carbonyl (C=O) groups is 1. The highest BCUT2D eigenvalue weighted by atomic mass is 35.5. The molecule has 4 fully saturated rings. The normalized spacial score (nSPS) is 33.4. The van der Waals surface area contributed by atoms with Crippen molar-refractivity contribution in [3.63, 3.8) is 0 Å². The number of ketones is 1. The van der Waals surface area contributed by atoms with Crippen molar-refractivity contribution >= 4 is 40.3 Å². The Balaban J connectivity index is 1.26. The predicted molar refractivity (Wildman–Crippen MR) is 112 cm³/mol. The molecule has 6 heteroatoms. The monoisotopic (exact) mass is 435 g/mol. The maximum atomic E-state index is 12.9. The predicted octanol–water partition coefficient (Wildman–Crippen LogP) is 5.80. The second kappa shape index (κ2) is 7.09. The van der Waals surface area contributed by atoms with Gasteiger partial charge in [-0.3, -0.25) is 4.79 Å². The van der Waals surface area contributed by atoms with Gasteiger partial charge in [0.05, 0.1) is 20.7 Å². The Morgan fingerprint density at radius 2 is 1.93 bits per heavy atom. The SMILES string of the molecule is O=C(CC1C2CC3CC1CC(O)(C3)C2)c1csc(Cc2ccc(Cl)c(Cl)c2)n1. The van der Waals surface area contributed by atoms with Crippen molar-refractivity contribution < 1.29 is 9.90 Å². The van der Waals surface area contributed by atoms with E-state index in [-0.39, 0.29) is 5.78 Å². The zero-order chi connectivity index (χ0) is 19.5. The second-order valence-electron chi connectivity index (χ2n) is 9.04. The summed E-state index contributed by atoms with van der Waals surface area (Å²) in [6.07, 6.45) is 6.36. The fourth-order valence-electron chi connectivity index (χ4n) is 6.08. The molecule has 3 nitrogen and oxygen atoms in total. The molecule has 4 aliphatic carbocycles. The van der Waals surface area contributed by atoms with Gasteiger partial charge in [0.1, 0.15) is 5.69 Å². The molecule has 6 rings (SSSR count). The molecule has 0 aliphatic heterocycles. The van der Waals surface area contributed by atoms with Crippen molar-refractivity contribution in [2.75, 3.05) is 0 Å². The Labute approximate surface area is 179 Å². The lowest BCUT2D eigenvalue weighted by molar-refractivity contribution is -0.151. The summed E-state index contributed by atoms with van der Waals surface area (Å²) < 4.78 is 0. The molecule has 0 saturated heterocycles. The Bertz CT molecular complexity index is 911. The third kappa shape index (κ3) is 3.54. The minimum Gasteiger partial charge on any atom is -0.390 e. The highest BCUT2D eigenvalue weighted by Crippen LogP contribution is 2.59. The van der Waals surface area contributed by atoms with E-state index in [2.05, 4.69) is 4.98 Å². The highest BCUT2D eigenvalue weighted by molar-refractivity contribution is 7.09. The van der Waals surface area contributed by atoms with Gasteiger partial charge in [-0.1, -0.05) is 29.3 Å². The summed E-state index contributed by atoms with van der Waals surface area (Å²) in [5.74, 6) is 2.26. The molecule has 0 radical (unpaired) electrons. The van der Waals surface area contributed by atoms with Crippen LogP contribution in [-0.4, -0.2) is 21.5 Å². The van der Waals surface area contributed by atoms with Gasteiger partial charge in [-0.2, -0.15) is 0 Å². The number of thiazole rings is 1. The van der Waals surface area contributed by atoms with E-state index in [9.17, 15) is 9.90 Å². The molecule has 28 heavy (non-hydrogen) atoms. The Kier molecular flexibility index (Phi) is 4.82. The fourth-order valence-corrected chi connectivity index (χ4v) is 7.24. The van der Waals surface area contributed by atoms with Crippen LogP contribution in [0.25, 0.3) is 0 Å². The standard InChI is InChI=1S/C22H23Cl2NO2S/c23-17-2-1-12(5-18(17)24)6-21-25-19(11-28-21)20(26)7-16-14-3-13-4-15(16)10-22(27,8-13)9-14/h1-2,5,11,13-16,27H,3-4,6-10H2. The van der Waals surface area contributed by atoms with Crippen LogP contribution in [0.3, 0.4) is 0 Å². The smallest absolute Gasteiger partial charge is 0.182 e. The van der Waals surface area contributed by atoms with E-state index < -0.39 is 5.60 Å². The molecule has 148 valence electrons. The van der Waals surface area contributed by atoms with Gasteiger partial charge in [-0.25, -0.2) is 4.98 Å². The molecule has 2 unspecified atom stereocenters. The molecule has 0 spiro atoms. The summed E-state index contributed by atoms with van der Waals surface area (Å²) in [7, 11) is 0. The second-order valence-corrected chi connectivity index (χ2v) is 10.8. The zero-order valence-corrected chi connectivity index (χ0v) is 17.9. The van der Waals surface area contributed by atoms with E-state index in [4.69, 9.17) is 23.2 Å². The van der Waals surface area contributed by atoms with Crippen LogP contribution in [0.15, 0.2) is 23.6 Å². The lowest BCUT2D eigenvalue weighted by atomic mass is 9.49. The topological polar surface area (TPSA) is 50.2 Å². The number of hydrogen-bond donors (Lipinski definition) is 1. The minimum absolute atomic E-state index is 0.154. The van der Waals surface area contributed by atoms with Gasteiger partial charge in [0.2, 0.25) is 0 Å². The van der Waals surface area contributed by atoms with Crippen LogP contribution in [0, 0.1) is 23.7 Å². The molecule has 2 atom stereocenters. The third-order valence-electron chi connectivity index (χ3n) is 7.03. The van der Waals surface area contributed by atoms with Crippen molar-refractivity contribution in [2.45, 2.75) is 50.5 Å². The van der Waals surface area contributed by atoms with Crippen LogP contribution in [0.5, 0.6) is 0 Å². The molecule has 1 aromatic heterocycles. The van der Waals surface area contributed by atoms with Crippen molar-refractivity contribution in [2.24, 2.45) is 23.7 Å². The third-order valence-corrected chi connectivity index (χ3v) is 8.62. The summed E-state index contributed by atoms with van der Waals surface area (Å²) in [4.78, 5) is 17.5. The maximum absolute atomic E-state index is 12.9. The number of aromatic nitrogens is 1. The number of rotatable bonds is 5. The first kappa shape index (κ1) is 19.0. The summed E-state index contributed by atoms with van der Waals surface area (Å²) in [6, 6.07) is 5.58. The van der Waals surface area contributed by atoms with Gasteiger partial charge in [0.25, 0.3) is 0 Å². The first-order chi connectivity index (χ1) is 13.4. The molecule has 1 N–H and O–H groups in total. The summed E-state index contributed by atoms with van der Waals surface area (Å²) >= 11 is 13.6. The van der Waals surface area contributed by atoms with Crippen LogP contribution >= 0.6 is 34.5 Å². The van der Waals surface area contributed by atoms with Crippen LogP contribution in [-0.2, 0) is 6.42 Å². The molecule has 1 aromatic carbocycles. The maximum Gasteiger partial charge on any atom is 0.182 e. The van der Waals surface area contributed by atoms with Crippen LogP contribution in [0.4, 0.5) is 0 Å². The number of benzene rings is 1. The number of nitrogens with zero attached hydrogens (tertiary/aromatic N) is 1. The number of hydrogen-bond acceptors (Lipinski definition) is 4. The van der Waals surface area contributed by atoms with Crippen LogP contribution < -0.4 is 0 Å². The van der Waals surface area contributed by atoms with Gasteiger partial charge in [0.15, 0.2) is 5.78 Å². The number of carbonyl (C=O) groups excluding carboxylic acids is 1. The Morgan fingerprint density at radius 3 is 2.61 bits per heavy atom. The summed E-state index contributed by atoms with van der Waals surface area (Å²) in [5.41, 5.74) is 1.19. The average Bonchev–Trinajstić information content (AvgIpc) is 3.08. The molecule has 4 saturated carbocycles. The lowest BCUT2D eigenvalue weighted by Gasteiger charge is -2.58. The average molecular weight is 436 g/mol. The first-order valence-corrected chi connectivity index (χ1v) is 11.7. The quantitative estimate of drug-likeness (QED) is 0.603. The fraction of sp³-hybridized carbons (Fsp3) is 0.545. The molecule has 4 aliphatic rings. The lowest BCUT2D eigenvalue weighted by Crippen LogP contribution is -2.54. The van der Waals surface area contributed by atoms with Gasteiger partial charge in [0, 0.05) is 18.2 Å². The van der Waals surface area contributed by atoms with Gasteiger partial charge >= 0.3 is 0 Å². The molecule has 0 amide bonds. The van der Waals surface area contributed by atoms with Gasteiger partial charge < -0.3 is 5.11 Å². The van der Waals surface area contributed by atoms with E-state index in [1.165, 1.54) is 24.2 Å². The molecular weight excluding hydrogens is 413 g/mol. The van der Waals surface area contributed by atoms with Crippen molar-refractivity contribution in [3.05, 3.63) is 49.9 Å².